The highest BCUT2D eigenvalue weighted by molar-refractivity contribution is 7.82. The van der Waals surface area contributed by atoms with Gasteiger partial charge in [-0.3, -0.25) is 0 Å². The number of rotatable bonds is 2. The maximum atomic E-state index is 12.4. The zero-order chi connectivity index (χ0) is 13.1. The van der Waals surface area contributed by atoms with Crippen LogP contribution in [0.25, 0.3) is 0 Å². The molecule has 0 aliphatic carbocycles. The summed E-state index contributed by atoms with van der Waals surface area (Å²) in [5, 5.41) is 10.4. The van der Waals surface area contributed by atoms with Gasteiger partial charge in [-0.25, -0.2) is 13.5 Å². The first-order chi connectivity index (χ1) is 8.59. The number of hydrogen-bond acceptors (Lipinski definition) is 4. The van der Waals surface area contributed by atoms with Crippen LogP contribution < -0.4 is 5.73 Å². The third-order valence-electron chi connectivity index (χ3n) is 3.30. The van der Waals surface area contributed by atoms with Crippen molar-refractivity contribution in [2.75, 3.05) is 6.54 Å². The standard InChI is InChI=1S/C12H19N3O2S/c1-9-5-6-10(13)11(16)8-15(9)18(17)12-4-2-3-7-14-12/h2-4,7,9-11,16H,5-6,8,13H2,1H3/t9-,10-,11-,18?/m1/s1. The van der Waals surface area contributed by atoms with E-state index in [4.69, 9.17) is 5.73 Å². The maximum Gasteiger partial charge on any atom is 0.146 e. The molecule has 1 unspecified atom stereocenters. The first kappa shape index (κ1) is 13.6. The van der Waals surface area contributed by atoms with Gasteiger partial charge in [-0.2, -0.15) is 0 Å². The first-order valence-corrected chi connectivity index (χ1v) is 7.23. The fourth-order valence-corrected chi connectivity index (χ4v) is 3.38. The lowest BCUT2D eigenvalue weighted by Crippen LogP contribution is -2.43. The second kappa shape index (κ2) is 5.88. The molecule has 100 valence electrons. The van der Waals surface area contributed by atoms with Gasteiger partial charge in [0.05, 0.1) is 6.10 Å². The normalized spacial score (nSPS) is 31.8. The minimum atomic E-state index is -1.34. The Kier molecular flexibility index (Phi) is 4.45. The second-order valence-electron chi connectivity index (χ2n) is 4.67. The van der Waals surface area contributed by atoms with Gasteiger partial charge >= 0.3 is 0 Å². The average Bonchev–Trinajstić information content (AvgIpc) is 2.52. The van der Waals surface area contributed by atoms with Crippen LogP contribution in [0.1, 0.15) is 19.8 Å². The zero-order valence-electron chi connectivity index (χ0n) is 10.4. The number of hydrogen-bond donors (Lipinski definition) is 2. The molecule has 1 saturated heterocycles. The number of aromatic nitrogens is 1. The highest BCUT2D eigenvalue weighted by atomic mass is 32.2. The average molecular weight is 269 g/mol. The molecule has 4 atom stereocenters. The van der Waals surface area contributed by atoms with Gasteiger partial charge in [0, 0.05) is 24.8 Å². The molecule has 0 spiro atoms. The van der Waals surface area contributed by atoms with Gasteiger partial charge in [-0.05, 0) is 31.9 Å². The molecule has 18 heavy (non-hydrogen) atoms. The lowest BCUT2D eigenvalue weighted by Gasteiger charge is -2.26. The summed E-state index contributed by atoms with van der Waals surface area (Å²) in [5.74, 6) is 0. The van der Waals surface area contributed by atoms with Crippen molar-refractivity contribution < 1.29 is 9.32 Å². The summed E-state index contributed by atoms with van der Waals surface area (Å²) >= 11 is 0. The van der Waals surface area contributed by atoms with Crippen LogP contribution in [-0.4, -0.2) is 43.3 Å². The number of nitrogens with zero attached hydrogens (tertiary/aromatic N) is 2. The molecular formula is C12H19N3O2S. The summed E-state index contributed by atoms with van der Waals surface area (Å²) < 4.78 is 14.2. The summed E-state index contributed by atoms with van der Waals surface area (Å²) in [6.07, 6.45) is 2.56. The van der Waals surface area contributed by atoms with Crippen molar-refractivity contribution in [1.82, 2.24) is 9.29 Å². The smallest absolute Gasteiger partial charge is 0.146 e. The van der Waals surface area contributed by atoms with Crippen LogP contribution in [-0.2, 0) is 11.0 Å². The predicted octanol–water partition coefficient (Wildman–Crippen LogP) is 0.277. The van der Waals surface area contributed by atoms with Crippen LogP contribution in [0.5, 0.6) is 0 Å². The molecule has 2 rings (SSSR count). The number of β-amino-alcohol motifs (C(OH)–C–C–N with tert-alkyl or cyclic N) is 1. The molecule has 1 aromatic heterocycles. The molecule has 0 aromatic carbocycles. The van der Waals surface area contributed by atoms with Gasteiger partial charge in [0.25, 0.3) is 0 Å². The van der Waals surface area contributed by atoms with Crippen molar-refractivity contribution >= 4 is 11.0 Å². The van der Waals surface area contributed by atoms with E-state index in [2.05, 4.69) is 4.98 Å². The summed E-state index contributed by atoms with van der Waals surface area (Å²) in [7, 11) is -1.34. The van der Waals surface area contributed by atoms with E-state index >= 15 is 0 Å². The van der Waals surface area contributed by atoms with Crippen LogP contribution in [0.2, 0.25) is 0 Å². The van der Waals surface area contributed by atoms with Crippen LogP contribution >= 0.6 is 0 Å². The molecule has 0 bridgehead atoms. The van der Waals surface area contributed by atoms with Crippen LogP contribution in [0.4, 0.5) is 0 Å². The van der Waals surface area contributed by atoms with Crippen LogP contribution in [0.3, 0.4) is 0 Å². The lowest BCUT2D eigenvalue weighted by atomic mass is 10.1. The summed E-state index contributed by atoms with van der Waals surface area (Å²) in [6, 6.07) is 5.22. The van der Waals surface area contributed by atoms with Crippen molar-refractivity contribution in [2.45, 2.75) is 43.0 Å². The van der Waals surface area contributed by atoms with E-state index in [0.717, 1.165) is 12.8 Å². The Labute approximate surface area is 110 Å². The molecule has 0 radical (unpaired) electrons. The van der Waals surface area contributed by atoms with E-state index in [-0.39, 0.29) is 12.1 Å². The van der Waals surface area contributed by atoms with Gasteiger partial charge in [-0.1, -0.05) is 6.07 Å². The Balaban J connectivity index is 2.18. The Morgan fingerprint density at radius 3 is 2.94 bits per heavy atom. The Morgan fingerprint density at radius 2 is 2.28 bits per heavy atom. The molecule has 1 aromatic rings. The number of aliphatic hydroxyl groups excluding tert-OH is 1. The van der Waals surface area contributed by atoms with Crippen molar-refractivity contribution in [3.05, 3.63) is 24.4 Å². The van der Waals surface area contributed by atoms with Gasteiger partial charge in [-0.15, -0.1) is 0 Å². The monoisotopic (exact) mass is 269 g/mol. The second-order valence-corrected chi connectivity index (χ2v) is 6.06. The third-order valence-corrected chi connectivity index (χ3v) is 4.83. The fraction of sp³-hybridized carbons (Fsp3) is 0.583. The Bertz CT molecular complexity index is 415. The molecule has 0 saturated carbocycles. The van der Waals surface area contributed by atoms with Crippen molar-refractivity contribution in [3.63, 3.8) is 0 Å². The molecule has 0 amide bonds. The van der Waals surface area contributed by atoms with E-state index in [9.17, 15) is 9.32 Å². The maximum absolute atomic E-state index is 12.4. The molecule has 3 N–H and O–H groups in total. The SMILES string of the molecule is C[C@@H]1CC[C@@H](N)[C@H](O)CN1S(=O)c1ccccn1. The molecule has 1 fully saturated rings. The Hall–Kier alpha value is -0.820. The molecule has 1 aliphatic rings. The highest BCUT2D eigenvalue weighted by Crippen LogP contribution is 2.20. The minimum absolute atomic E-state index is 0.121. The quantitative estimate of drug-likeness (QED) is 0.808. The van der Waals surface area contributed by atoms with Gasteiger partial charge in [0.2, 0.25) is 0 Å². The van der Waals surface area contributed by atoms with E-state index in [1.54, 1.807) is 22.6 Å². The summed E-state index contributed by atoms with van der Waals surface area (Å²) in [6.45, 7) is 2.33. The van der Waals surface area contributed by atoms with Crippen molar-refractivity contribution in [1.29, 1.82) is 0 Å². The first-order valence-electron chi connectivity index (χ1n) is 6.13. The van der Waals surface area contributed by atoms with E-state index in [1.807, 2.05) is 13.0 Å². The molecular weight excluding hydrogens is 250 g/mol. The number of nitrogens with two attached hydrogens (primary N) is 1. The molecule has 1 aliphatic heterocycles. The fourth-order valence-electron chi connectivity index (χ4n) is 2.07. The summed E-state index contributed by atoms with van der Waals surface area (Å²) in [5.41, 5.74) is 5.85. The van der Waals surface area contributed by atoms with Gasteiger partial charge in [0.15, 0.2) is 0 Å². The third kappa shape index (κ3) is 2.95. The van der Waals surface area contributed by atoms with Gasteiger partial charge < -0.3 is 10.8 Å². The van der Waals surface area contributed by atoms with E-state index < -0.39 is 17.1 Å². The molecule has 6 heteroatoms. The minimum Gasteiger partial charge on any atom is -0.390 e. The predicted molar refractivity (Wildman–Crippen MR) is 70.0 cm³/mol. The largest absolute Gasteiger partial charge is 0.390 e. The number of aliphatic hydroxyl groups is 1. The van der Waals surface area contributed by atoms with E-state index in [1.165, 1.54) is 0 Å². The zero-order valence-corrected chi connectivity index (χ0v) is 11.2. The Morgan fingerprint density at radius 1 is 1.50 bits per heavy atom. The topological polar surface area (TPSA) is 79.5 Å². The van der Waals surface area contributed by atoms with E-state index in [0.29, 0.717) is 11.6 Å². The number of pyridine rings is 1. The van der Waals surface area contributed by atoms with Crippen molar-refractivity contribution in [3.8, 4) is 0 Å². The summed E-state index contributed by atoms with van der Waals surface area (Å²) in [4.78, 5) is 4.11. The highest BCUT2D eigenvalue weighted by Gasteiger charge is 2.31. The molecule has 5 nitrogen and oxygen atoms in total. The van der Waals surface area contributed by atoms with Crippen LogP contribution in [0, 0.1) is 0 Å². The lowest BCUT2D eigenvalue weighted by molar-refractivity contribution is 0.128. The van der Waals surface area contributed by atoms with Crippen molar-refractivity contribution in [2.24, 2.45) is 5.73 Å². The van der Waals surface area contributed by atoms with Crippen LogP contribution in [0.15, 0.2) is 29.4 Å². The molecule has 2 heterocycles. The van der Waals surface area contributed by atoms with Gasteiger partial charge in [0.1, 0.15) is 16.0 Å².